The summed E-state index contributed by atoms with van der Waals surface area (Å²) < 4.78 is 1.19. The van der Waals surface area contributed by atoms with E-state index in [1.807, 2.05) is 6.92 Å². The lowest BCUT2D eigenvalue weighted by Crippen LogP contribution is -2.27. The summed E-state index contributed by atoms with van der Waals surface area (Å²) in [5.74, 6) is -0.564. The van der Waals surface area contributed by atoms with Gasteiger partial charge in [-0.15, -0.1) is 0 Å². The first-order valence-corrected chi connectivity index (χ1v) is 4.41. The van der Waals surface area contributed by atoms with Crippen LogP contribution >= 0.6 is 0 Å². The number of aryl methyl sites for hydroxylation is 1. The van der Waals surface area contributed by atoms with Crippen molar-refractivity contribution in [1.82, 2.24) is 14.5 Å². The second kappa shape index (κ2) is 3.23. The first-order valence-electron chi connectivity index (χ1n) is 4.41. The molecule has 2 aromatic heterocycles. The van der Waals surface area contributed by atoms with Gasteiger partial charge in [-0.2, -0.15) is 0 Å². The van der Waals surface area contributed by atoms with Gasteiger partial charge < -0.3 is 10.7 Å². The van der Waals surface area contributed by atoms with Gasteiger partial charge in [0.05, 0.1) is 5.39 Å². The summed E-state index contributed by atoms with van der Waals surface area (Å²) in [5, 5.41) is 0.469. The van der Waals surface area contributed by atoms with Gasteiger partial charge in [0, 0.05) is 5.69 Å². The number of nitrogens with one attached hydrogen (secondary N) is 1. The zero-order valence-corrected chi connectivity index (χ0v) is 8.15. The van der Waals surface area contributed by atoms with E-state index in [9.17, 15) is 9.59 Å². The second-order valence-electron chi connectivity index (χ2n) is 3.36. The predicted molar refractivity (Wildman–Crippen MR) is 54.3 cm³/mol. The zero-order valence-electron chi connectivity index (χ0n) is 8.15. The van der Waals surface area contributed by atoms with E-state index in [0.717, 1.165) is 5.69 Å². The van der Waals surface area contributed by atoms with E-state index in [4.69, 9.17) is 5.73 Å². The number of aromatic amines is 1. The van der Waals surface area contributed by atoms with Crippen molar-refractivity contribution < 1.29 is 4.79 Å². The van der Waals surface area contributed by atoms with Crippen molar-refractivity contribution in [3.63, 3.8) is 0 Å². The Morgan fingerprint density at radius 2 is 2.40 bits per heavy atom. The smallest absolute Gasteiger partial charge is 0.263 e. The number of carbonyl (C=O) groups excluding carboxylic acids is 1. The fourth-order valence-corrected chi connectivity index (χ4v) is 1.45. The molecular formula is C9H10N4O2. The van der Waals surface area contributed by atoms with Crippen LogP contribution in [0.3, 0.4) is 0 Å². The fraction of sp³-hybridized carbons (Fsp3) is 0.222. The van der Waals surface area contributed by atoms with Crippen molar-refractivity contribution >= 4 is 16.9 Å². The number of nitrogens with zero attached hydrogens (tertiary/aromatic N) is 2. The number of nitrogens with two attached hydrogens (primary N) is 1. The number of H-pyrrole nitrogens is 1. The maximum Gasteiger partial charge on any atom is 0.263 e. The van der Waals surface area contributed by atoms with Crippen LogP contribution in [0.15, 0.2) is 17.2 Å². The third-order valence-corrected chi connectivity index (χ3v) is 2.08. The molecule has 0 aliphatic rings. The van der Waals surface area contributed by atoms with E-state index < -0.39 is 5.91 Å². The number of primary amides is 1. The molecule has 3 N–H and O–H groups in total. The highest BCUT2D eigenvalue weighted by molar-refractivity contribution is 5.76. The minimum atomic E-state index is -0.564. The molecule has 15 heavy (non-hydrogen) atoms. The third-order valence-electron chi connectivity index (χ3n) is 2.08. The Morgan fingerprint density at radius 3 is 3.07 bits per heavy atom. The third kappa shape index (κ3) is 1.61. The summed E-state index contributed by atoms with van der Waals surface area (Å²) in [6, 6.07) is 1.70. The average Bonchev–Trinajstić information content (AvgIpc) is 2.51. The Kier molecular flexibility index (Phi) is 2.03. The van der Waals surface area contributed by atoms with Gasteiger partial charge in [-0.05, 0) is 13.0 Å². The fourth-order valence-electron chi connectivity index (χ4n) is 1.45. The Balaban J connectivity index is 2.64. The second-order valence-corrected chi connectivity index (χ2v) is 3.36. The van der Waals surface area contributed by atoms with E-state index in [0.29, 0.717) is 11.0 Å². The monoisotopic (exact) mass is 206 g/mol. The maximum absolute atomic E-state index is 11.8. The Labute approximate surface area is 84.7 Å². The Bertz CT molecular complexity index is 581. The summed E-state index contributed by atoms with van der Waals surface area (Å²) in [7, 11) is 0. The molecule has 0 spiro atoms. The van der Waals surface area contributed by atoms with Crippen LogP contribution in [0.4, 0.5) is 0 Å². The molecule has 2 heterocycles. The number of amides is 1. The molecule has 6 heteroatoms. The first kappa shape index (κ1) is 9.45. The van der Waals surface area contributed by atoms with E-state index in [-0.39, 0.29) is 12.1 Å². The van der Waals surface area contributed by atoms with Crippen LogP contribution in [0.5, 0.6) is 0 Å². The highest BCUT2D eigenvalue weighted by Gasteiger charge is 2.07. The van der Waals surface area contributed by atoms with Gasteiger partial charge in [0.25, 0.3) is 5.56 Å². The van der Waals surface area contributed by atoms with Crippen LogP contribution in [-0.4, -0.2) is 20.4 Å². The summed E-state index contributed by atoms with van der Waals surface area (Å²) in [4.78, 5) is 29.4. The molecule has 0 bridgehead atoms. The quantitative estimate of drug-likeness (QED) is 0.694. The van der Waals surface area contributed by atoms with Gasteiger partial charge in [-0.3, -0.25) is 14.2 Å². The number of aromatic nitrogens is 3. The largest absolute Gasteiger partial charge is 0.368 e. The SMILES string of the molecule is Cc1cc2c(=O)n(CC(N)=O)cnc2[nH]1. The topological polar surface area (TPSA) is 93.8 Å². The van der Waals surface area contributed by atoms with Gasteiger partial charge in [0.2, 0.25) is 5.91 Å². The molecule has 0 fully saturated rings. The molecule has 0 unspecified atom stereocenters. The van der Waals surface area contributed by atoms with E-state index in [2.05, 4.69) is 9.97 Å². The molecule has 0 aliphatic carbocycles. The molecule has 2 aromatic rings. The number of hydrogen-bond acceptors (Lipinski definition) is 3. The van der Waals surface area contributed by atoms with Crippen LogP contribution in [0.2, 0.25) is 0 Å². The number of fused-ring (bicyclic) bond motifs is 1. The molecule has 6 nitrogen and oxygen atoms in total. The van der Waals surface area contributed by atoms with Gasteiger partial charge in [-0.25, -0.2) is 4.98 Å². The summed E-state index contributed by atoms with van der Waals surface area (Å²) in [6.07, 6.45) is 1.31. The van der Waals surface area contributed by atoms with Crippen molar-refractivity contribution in [3.05, 3.63) is 28.4 Å². The minimum Gasteiger partial charge on any atom is -0.368 e. The number of rotatable bonds is 2. The van der Waals surface area contributed by atoms with Crippen LogP contribution < -0.4 is 11.3 Å². The Hall–Kier alpha value is -2.11. The molecule has 2 rings (SSSR count). The molecule has 0 aromatic carbocycles. The van der Waals surface area contributed by atoms with Crippen molar-refractivity contribution in [3.8, 4) is 0 Å². The van der Waals surface area contributed by atoms with E-state index in [1.165, 1.54) is 10.9 Å². The lowest BCUT2D eigenvalue weighted by atomic mass is 10.3. The molecule has 78 valence electrons. The minimum absolute atomic E-state index is 0.147. The number of carbonyl (C=O) groups is 1. The van der Waals surface area contributed by atoms with Gasteiger partial charge in [-0.1, -0.05) is 0 Å². The summed E-state index contributed by atoms with van der Waals surface area (Å²) in [6.45, 7) is 1.69. The average molecular weight is 206 g/mol. The van der Waals surface area contributed by atoms with Gasteiger partial charge >= 0.3 is 0 Å². The summed E-state index contributed by atoms with van der Waals surface area (Å²) in [5.41, 5.74) is 6.13. The van der Waals surface area contributed by atoms with Crippen LogP contribution in [0.1, 0.15) is 5.69 Å². The number of hydrogen-bond donors (Lipinski definition) is 2. The lowest BCUT2D eigenvalue weighted by Gasteiger charge is -2.00. The van der Waals surface area contributed by atoms with E-state index in [1.54, 1.807) is 6.07 Å². The molecule has 0 radical (unpaired) electrons. The van der Waals surface area contributed by atoms with Crippen LogP contribution in [0, 0.1) is 6.92 Å². The van der Waals surface area contributed by atoms with Gasteiger partial charge in [0.1, 0.15) is 18.5 Å². The standard InChI is InChI=1S/C9H10N4O2/c1-5-2-6-8(12-5)11-4-13(9(6)15)3-7(10)14/h2,4,12H,3H2,1H3,(H2,10,14). The molecule has 1 amide bonds. The molecule has 0 atom stereocenters. The van der Waals surface area contributed by atoms with Crippen molar-refractivity contribution in [2.45, 2.75) is 13.5 Å². The van der Waals surface area contributed by atoms with Crippen molar-refractivity contribution in [1.29, 1.82) is 0 Å². The van der Waals surface area contributed by atoms with E-state index >= 15 is 0 Å². The normalized spacial score (nSPS) is 10.7. The van der Waals surface area contributed by atoms with Crippen LogP contribution in [-0.2, 0) is 11.3 Å². The molecule has 0 saturated heterocycles. The Morgan fingerprint density at radius 1 is 1.67 bits per heavy atom. The first-order chi connectivity index (χ1) is 7.08. The lowest BCUT2D eigenvalue weighted by molar-refractivity contribution is -0.118. The van der Waals surface area contributed by atoms with Crippen LogP contribution in [0.25, 0.3) is 11.0 Å². The van der Waals surface area contributed by atoms with Crippen molar-refractivity contribution in [2.75, 3.05) is 0 Å². The highest BCUT2D eigenvalue weighted by atomic mass is 16.2. The van der Waals surface area contributed by atoms with Gasteiger partial charge in [0.15, 0.2) is 0 Å². The van der Waals surface area contributed by atoms with Crippen molar-refractivity contribution in [2.24, 2.45) is 5.73 Å². The molecule has 0 aliphatic heterocycles. The zero-order chi connectivity index (χ0) is 11.0. The summed E-state index contributed by atoms with van der Waals surface area (Å²) >= 11 is 0. The highest BCUT2D eigenvalue weighted by Crippen LogP contribution is 2.06. The molecule has 0 saturated carbocycles. The molecular weight excluding hydrogens is 196 g/mol. The predicted octanol–water partition coefficient (Wildman–Crippen LogP) is -0.482. The maximum atomic E-state index is 11.8.